The standard InChI is InChI=1S/C8H16N2O2/c1-3-8(2,9)7(11)10-6-4-12-5-6/h6H,3-5,9H2,1-2H3,(H,10,11). The van der Waals surface area contributed by atoms with Gasteiger partial charge < -0.3 is 15.8 Å². The summed E-state index contributed by atoms with van der Waals surface area (Å²) in [4.78, 5) is 11.4. The van der Waals surface area contributed by atoms with Gasteiger partial charge in [-0.3, -0.25) is 4.79 Å². The van der Waals surface area contributed by atoms with Gasteiger partial charge in [0.15, 0.2) is 0 Å². The molecular formula is C8H16N2O2. The van der Waals surface area contributed by atoms with Crippen molar-refractivity contribution in [1.82, 2.24) is 5.32 Å². The van der Waals surface area contributed by atoms with Gasteiger partial charge in [0.05, 0.1) is 24.8 Å². The molecule has 70 valence electrons. The van der Waals surface area contributed by atoms with Gasteiger partial charge in [-0.2, -0.15) is 0 Å². The lowest BCUT2D eigenvalue weighted by atomic mass is 9.99. The third-order valence-corrected chi connectivity index (χ3v) is 2.23. The van der Waals surface area contributed by atoms with E-state index in [1.807, 2.05) is 6.92 Å². The van der Waals surface area contributed by atoms with E-state index >= 15 is 0 Å². The number of nitrogens with one attached hydrogen (secondary N) is 1. The van der Waals surface area contributed by atoms with E-state index in [-0.39, 0.29) is 11.9 Å². The number of hydrogen-bond donors (Lipinski definition) is 2. The second-order valence-electron chi connectivity index (χ2n) is 3.48. The van der Waals surface area contributed by atoms with Gasteiger partial charge in [-0.1, -0.05) is 6.92 Å². The molecule has 1 heterocycles. The van der Waals surface area contributed by atoms with Gasteiger partial charge in [0, 0.05) is 0 Å². The lowest BCUT2D eigenvalue weighted by molar-refractivity contribution is -0.130. The van der Waals surface area contributed by atoms with Crippen molar-refractivity contribution >= 4 is 5.91 Å². The Balaban J connectivity index is 2.35. The fraction of sp³-hybridized carbons (Fsp3) is 0.875. The van der Waals surface area contributed by atoms with Gasteiger partial charge in [-0.05, 0) is 13.3 Å². The minimum Gasteiger partial charge on any atom is -0.377 e. The van der Waals surface area contributed by atoms with Crippen LogP contribution in [0.15, 0.2) is 0 Å². The molecule has 1 aliphatic heterocycles. The van der Waals surface area contributed by atoms with Crippen molar-refractivity contribution in [2.24, 2.45) is 5.73 Å². The SMILES string of the molecule is CCC(C)(N)C(=O)NC1COC1. The summed E-state index contributed by atoms with van der Waals surface area (Å²) in [5.74, 6) is -0.0849. The lowest BCUT2D eigenvalue weighted by Gasteiger charge is -2.31. The zero-order valence-electron chi connectivity index (χ0n) is 7.59. The summed E-state index contributed by atoms with van der Waals surface area (Å²) in [5.41, 5.74) is 4.99. The molecule has 0 radical (unpaired) electrons. The van der Waals surface area contributed by atoms with Crippen molar-refractivity contribution < 1.29 is 9.53 Å². The fourth-order valence-electron chi connectivity index (χ4n) is 0.830. The van der Waals surface area contributed by atoms with Gasteiger partial charge in [0.2, 0.25) is 5.91 Å². The monoisotopic (exact) mass is 172 g/mol. The minimum absolute atomic E-state index is 0.0849. The van der Waals surface area contributed by atoms with Gasteiger partial charge in [-0.25, -0.2) is 0 Å². The normalized spacial score (nSPS) is 22.6. The average Bonchev–Trinajstić information content (AvgIpc) is 1.96. The first kappa shape index (κ1) is 9.48. The molecule has 0 aromatic rings. The number of carbonyl (C=O) groups is 1. The van der Waals surface area contributed by atoms with Crippen LogP contribution in [0.4, 0.5) is 0 Å². The largest absolute Gasteiger partial charge is 0.377 e. The Bertz CT molecular complexity index is 176. The molecule has 0 aromatic carbocycles. The highest BCUT2D eigenvalue weighted by Gasteiger charge is 2.30. The third kappa shape index (κ3) is 1.95. The number of hydrogen-bond acceptors (Lipinski definition) is 3. The van der Waals surface area contributed by atoms with Crippen LogP contribution in [-0.4, -0.2) is 30.7 Å². The average molecular weight is 172 g/mol. The van der Waals surface area contributed by atoms with Gasteiger partial charge in [0.25, 0.3) is 0 Å². The molecule has 1 unspecified atom stereocenters. The summed E-state index contributed by atoms with van der Waals surface area (Å²) < 4.78 is 4.93. The molecule has 0 spiro atoms. The van der Waals surface area contributed by atoms with Crippen LogP contribution in [0, 0.1) is 0 Å². The van der Waals surface area contributed by atoms with Crippen LogP contribution in [-0.2, 0) is 9.53 Å². The number of ether oxygens (including phenoxy) is 1. The maximum atomic E-state index is 11.4. The molecule has 12 heavy (non-hydrogen) atoms. The minimum atomic E-state index is -0.740. The molecule has 1 aliphatic rings. The molecule has 0 saturated carbocycles. The highest BCUT2D eigenvalue weighted by Crippen LogP contribution is 2.07. The number of carbonyl (C=O) groups excluding carboxylic acids is 1. The van der Waals surface area contributed by atoms with Crippen molar-refractivity contribution in [3.63, 3.8) is 0 Å². The first-order valence-corrected chi connectivity index (χ1v) is 4.24. The quantitative estimate of drug-likeness (QED) is 0.610. The van der Waals surface area contributed by atoms with Crippen molar-refractivity contribution in [2.75, 3.05) is 13.2 Å². The molecule has 1 fully saturated rings. The van der Waals surface area contributed by atoms with Crippen LogP contribution in [0.25, 0.3) is 0 Å². The zero-order valence-corrected chi connectivity index (χ0v) is 7.59. The summed E-state index contributed by atoms with van der Waals surface area (Å²) >= 11 is 0. The van der Waals surface area contributed by atoms with E-state index in [0.29, 0.717) is 19.6 Å². The molecule has 1 atom stereocenters. The van der Waals surface area contributed by atoms with Crippen molar-refractivity contribution in [3.8, 4) is 0 Å². The molecule has 0 aromatic heterocycles. The highest BCUT2D eigenvalue weighted by atomic mass is 16.5. The van der Waals surface area contributed by atoms with Crippen LogP contribution >= 0.6 is 0 Å². The summed E-state index contributed by atoms with van der Waals surface area (Å²) in [7, 11) is 0. The van der Waals surface area contributed by atoms with Gasteiger partial charge >= 0.3 is 0 Å². The maximum absolute atomic E-state index is 11.4. The first-order valence-electron chi connectivity index (χ1n) is 4.24. The van der Waals surface area contributed by atoms with E-state index < -0.39 is 5.54 Å². The Labute approximate surface area is 72.5 Å². The predicted octanol–water partition coefficient (Wildman–Crippen LogP) is -0.371. The lowest BCUT2D eigenvalue weighted by Crippen LogP contribution is -2.58. The topological polar surface area (TPSA) is 64.4 Å². The predicted molar refractivity (Wildman–Crippen MR) is 45.6 cm³/mol. The third-order valence-electron chi connectivity index (χ3n) is 2.23. The van der Waals surface area contributed by atoms with Crippen LogP contribution in [0.1, 0.15) is 20.3 Å². The molecule has 1 rings (SSSR count). The van der Waals surface area contributed by atoms with Crippen LogP contribution < -0.4 is 11.1 Å². The molecule has 0 bridgehead atoms. The summed E-state index contributed by atoms with van der Waals surface area (Å²) in [5, 5.41) is 2.82. The van der Waals surface area contributed by atoms with E-state index in [9.17, 15) is 4.79 Å². The Kier molecular flexibility index (Phi) is 2.69. The molecule has 1 amide bonds. The van der Waals surface area contributed by atoms with Crippen molar-refractivity contribution in [3.05, 3.63) is 0 Å². The van der Waals surface area contributed by atoms with Crippen molar-refractivity contribution in [2.45, 2.75) is 31.8 Å². The van der Waals surface area contributed by atoms with E-state index in [1.54, 1.807) is 6.92 Å². The number of nitrogens with two attached hydrogens (primary N) is 1. The molecule has 0 aliphatic carbocycles. The second kappa shape index (κ2) is 3.41. The number of amides is 1. The molecule has 1 saturated heterocycles. The maximum Gasteiger partial charge on any atom is 0.240 e. The van der Waals surface area contributed by atoms with E-state index in [0.717, 1.165) is 0 Å². The van der Waals surface area contributed by atoms with E-state index in [1.165, 1.54) is 0 Å². The number of rotatable bonds is 3. The van der Waals surface area contributed by atoms with Crippen LogP contribution in [0.2, 0.25) is 0 Å². The van der Waals surface area contributed by atoms with Crippen molar-refractivity contribution in [1.29, 1.82) is 0 Å². The first-order chi connectivity index (χ1) is 5.56. The summed E-state index contributed by atoms with van der Waals surface area (Å²) in [6.07, 6.45) is 0.645. The molecular weight excluding hydrogens is 156 g/mol. The Hall–Kier alpha value is -0.610. The van der Waals surface area contributed by atoms with E-state index in [2.05, 4.69) is 5.32 Å². The Morgan fingerprint density at radius 3 is 2.67 bits per heavy atom. The second-order valence-corrected chi connectivity index (χ2v) is 3.48. The van der Waals surface area contributed by atoms with E-state index in [4.69, 9.17) is 10.5 Å². The smallest absolute Gasteiger partial charge is 0.240 e. The summed E-state index contributed by atoms with van der Waals surface area (Å²) in [6, 6.07) is 0.173. The molecule has 4 nitrogen and oxygen atoms in total. The van der Waals surface area contributed by atoms with Crippen LogP contribution in [0.5, 0.6) is 0 Å². The Morgan fingerprint density at radius 1 is 1.75 bits per heavy atom. The summed E-state index contributed by atoms with van der Waals surface area (Å²) in [6.45, 7) is 4.87. The van der Waals surface area contributed by atoms with Gasteiger partial charge in [-0.15, -0.1) is 0 Å². The Morgan fingerprint density at radius 2 is 2.33 bits per heavy atom. The van der Waals surface area contributed by atoms with Crippen LogP contribution in [0.3, 0.4) is 0 Å². The highest BCUT2D eigenvalue weighted by molar-refractivity contribution is 5.85. The fourth-order valence-corrected chi connectivity index (χ4v) is 0.830. The molecule has 4 heteroatoms. The van der Waals surface area contributed by atoms with Gasteiger partial charge in [0.1, 0.15) is 0 Å². The zero-order chi connectivity index (χ0) is 9.19. The molecule has 3 N–H and O–H groups in total.